The minimum atomic E-state index is -0.316. The highest BCUT2D eigenvalue weighted by molar-refractivity contribution is 7.80. The average molecular weight is 361 g/mol. The van der Waals surface area contributed by atoms with Crippen LogP contribution >= 0.6 is 23.8 Å². The number of nitrogens with one attached hydrogen (secondary N) is 2. The van der Waals surface area contributed by atoms with Crippen LogP contribution < -0.4 is 15.4 Å². The molecule has 6 heteroatoms. The summed E-state index contributed by atoms with van der Waals surface area (Å²) in [5.41, 5.74) is 1.62. The molecule has 0 radical (unpaired) electrons. The van der Waals surface area contributed by atoms with Gasteiger partial charge in [0.25, 0.3) is 0 Å². The molecule has 0 bridgehead atoms. The number of hydrogen-bond acceptors (Lipinski definition) is 3. The van der Waals surface area contributed by atoms with E-state index in [0.29, 0.717) is 11.6 Å². The van der Waals surface area contributed by atoms with Crippen LogP contribution in [0.1, 0.15) is 12.5 Å². The van der Waals surface area contributed by atoms with E-state index in [0.717, 1.165) is 17.0 Å². The first-order chi connectivity index (χ1) is 11.6. The van der Waals surface area contributed by atoms with Gasteiger partial charge in [0.1, 0.15) is 5.75 Å². The number of benzene rings is 2. The molecule has 0 aromatic heterocycles. The molecule has 2 aromatic rings. The molecule has 2 aromatic carbocycles. The van der Waals surface area contributed by atoms with Gasteiger partial charge < -0.3 is 10.1 Å². The van der Waals surface area contributed by atoms with Crippen molar-refractivity contribution in [3.05, 3.63) is 65.2 Å². The molecule has 4 nitrogen and oxygen atoms in total. The van der Waals surface area contributed by atoms with Crippen molar-refractivity contribution in [2.75, 3.05) is 11.9 Å². The van der Waals surface area contributed by atoms with Gasteiger partial charge in [-0.15, -0.1) is 0 Å². The predicted octanol–water partition coefficient (Wildman–Crippen LogP) is 4.27. The summed E-state index contributed by atoms with van der Waals surface area (Å²) in [5.74, 6) is 0.419. The number of hydrogen-bond donors (Lipinski definition) is 2. The van der Waals surface area contributed by atoms with Crippen molar-refractivity contribution >= 4 is 46.6 Å². The Balaban J connectivity index is 1.88. The number of carbonyl (C=O) groups excluding carboxylic acids is 1. The van der Waals surface area contributed by atoms with Gasteiger partial charge in [-0.3, -0.25) is 10.1 Å². The monoisotopic (exact) mass is 360 g/mol. The van der Waals surface area contributed by atoms with Gasteiger partial charge in [-0.05, 0) is 55.0 Å². The number of anilines is 1. The molecule has 24 heavy (non-hydrogen) atoms. The summed E-state index contributed by atoms with van der Waals surface area (Å²) in [7, 11) is 0. The summed E-state index contributed by atoms with van der Waals surface area (Å²) in [5, 5.41) is 6.40. The van der Waals surface area contributed by atoms with Crippen LogP contribution in [0, 0.1) is 0 Å². The minimum Gasteiger partial charge on any atom is -0.494 e. The quantitative estimate of drug-likeness (QED) is 0.617. The first-order valence-corrected chi connectivity index (χ1v) is 8.14. The highest BCUT2D eigenvalue weighted by Gasteiger charge is 2.03. The molecular weight excluding hydrogens is 344 g/mol. The van der Waals surface area contributed by atoms with Crippen LogP contribution in [0.4, 0.5) is 5.69 Å². The van der Waals surface area contributed by atoms with E-state index in [-0.39, 0.29) is 11.0 Å². The Bertz CT molecular complexity index is 745. The lowest BCUT2D eigenvalue weighted by molar-refractivity contribution is -0.115. The number of amides is 1. The Hall–Kier alpha value is -2.37. The molecule has 0 spiro atoms. The fourth-order valence-electron chi connectivity index (χ4n) is 1.89. The minimum absolute atomic E-state index is 0.217. The molecular formula is C18H17ClN2O2S. The zero-order valence-corrected chi connectivity index (χ0v) is 14.7. The number of thiocarbonyl (C=S) groups is 1. The average Bonchev–Trinajstić information content (AvgIpc) is 2.55. The van der Waals surface area contributed by atoms with Crippen molar-refractivity contribution in [2.24, 2.45) is 0 Å². The molecule has 0 fully saturated rings. The fraction of sp³-hybridized carbons (Fsp3) is 0.111. The largest absolute Gasteiger partial charge is 0.494 e. The van der Waals surface area contributed by atoms with E-state index in [2.05, 4.69) is 10.6 Å². The van der Waals surface area contributed by atoms with E-state index in [9.17, 15) is 4.79 Å². The van der Waals surface area contributed by atoms with E-state index >= 15 is 0 Å². The van der Waals surface area contributed by atoms with Crippen molar-refractivity contribution in [2.45, 2.75) is 6.92 Å². The summed E-state index contributed by atoms with van der Waals surface area (Å²) < 4.78 is 5.41. The van der Waals surface area contributed by atoms with Gasteiger partial charge in [-0.2, -0.15) is 0 Å². The highest BCUT2D eigenvalue weighted by Crippen LogP contribution is 2.17. The van der Waals surface area contributed by atoms with E-state index in [1.807, 2.05) is 43.3 Å². The van der Waals surface area contributed by atoms with Gasteiger partial charge in [-0.1, -0.05) is 29.8 Å². The predicted molar refractivity (Wildman–Crippen MR) is 102 cm³/mol. The zero-order valence-electron chi connectivity index (χ0n) is 13.1. The first-order valence-electron chi connectivity index (χ1n) is 7.35. The van der Waals surface area contributed by atoms with E-state index in [4.69, 9.17) is 28.6 Å². The van der Waals surface area contributed by atoms with Gasteiger partial charge in [0.2, 0.25) is 5.91 Å². The van der Waals surface area contributed by atoms with Gasteiger partial charge in [0.15, 0.2) is 5.11 Å². The maximum atomic E-state index is 11.9. The third-order valence-corrected chi connectivity index (χ3v) is 3.39. The van der Waals surface area contributed by atoms with Crippen LogP contribution in [0.3, 0.4) is 0 Å². The molecule has 0 aliphatic rings. The Labute approximate surface area is 151 Å². The van der Waals surface area contributed by atoms with Crippen LogP contribution in [0.25, 0.3) is 6.08 Å². The molecule has 0 saturated heterocycles. The second-order valence-corrected chi connectivity index (χ2v) is 5.63. The molecule has 0 unspecified atom stereocenters. The normalized spacial score (nSPS) is 10.4. The molecule has 0 heterocycles. The van der Waals surface area contributed by atoms with Crippen molar-refractivity contribution in [3.8, 4) is 5.75 Å². The Morgan fingerprint density at radius 1 is 1.25 bits per heavy atom. The van der Waals surface area contributed by atoms with Gasteiger partial charge >= 0.3 is 0 Å². The summed E-state index contributed by atoms with van der Waals surface area (Å²) in [4.78, 5) is 11.9. The summed E-state index contributed by atoms with van der Waals surface area (Å²) in [6, 6.07) is 14.5. The number of carbonyl (C=O) groups is 1. The number of rotatable bonds is 5. The van der Waals surface area contributed by atoms with Crippen LogP contribution in [0.2, 0.25) is 5.02 Å². The molecule has 1 amide bonds. The lowest BCUT2D eigenvalue weighted by Gasteiger charge is -2.10. The number of halogens is 1. The van der Waals surface area contributed by atoms with Crippen molar-refractivity contribution in [1.29, 1.82) is 0 Å². The highest BCUT2D eigenvalue weighted by atomic mass is 35.5. The first kappa shape index (κ1) is 18.0. The molecule has 2 N–H and O–H groups in total. The van der Waals surface area contributed by atoms with Crippen LogP contribution in [0.15, 0.2) is 54.6 Å². The standard InChI is InChI=1S/C18H17ClN2O2S/c1-2-23-16-5-3-4-15(12-16)20-18(24)21-17(22)11-8-13-6-9-14(19)10-7-13/h3-12H,2H2,1H3,(H2,20,21,22,24)/b11-8+. The SMILES string of the molecule is CCOc1cccc(NC(=S)NC(=O)/C=C/c2ccc(Cl)cc2)c1. The molecule has 2 rings (SSSR count). The number of ether oxygens (including phenoxy) is 1. The Morgan fingerprint density at radius 2 is 2.00 bits per heavy atom. The summed E-state index contributed by atoms with van der Waals surface area (Å²) in [6.45, 7) is 2.50. The van der Waals surface area contributed by atoms with Crippen LogP contribution in [-0.2, 0) is 4.79 Å². The maximum Gasteiger partial charge on any atom is 0.250 e. The van der Waals surface area contributed by atoms with Gasteiger partial charge in [0, 0.05) is 22.9 Å². The van der Waals surface area contributed by atoms with Gasteiger partial charge in [-0.25, -0.2) is 0 Å². The van der Waals surface area contributed by atoms with Crippen molar-refractivity contribution in [3.63, 3.8) is 0 Å². The van der Waals surface area contributed by atoms with Gasteiger partial charge in [0.05, 0.1) is 6.61 Å². The topological polar surface area (TPSA) is 50.4 Å². The third-order valence-electron chi connectivity index (χ3n) is 2.94. The second-order valence-electron chi connectivity index (χ2n) is 4.79. The smallest absolute Gasteiger partial charge is 0.250 e. The maximum absolute atomic E-state index is 11.9. The molecule has 124 valence electrons. The lowest BCUT2D eigenvalue weighted by Crippen LogP contribution is -2.32. The summed E-state index contributed by atoms with van der Waals surface area (Å²) in [6.07, 6.45) is 3.10. The van der Waals surface area contributed by atoms with E-state index in [1.165, 1.54) is 6.08 Å². The molecule has 0 aliphatic heterocycles. The van der Waals surface area contributed by atoms with E-state index in [1.54, 1.807) is 18.2 Å². The second kappa shape index (κ2) is 9.05. The van der Waals surface area contributed by atoms with E-state index < -0.39 is 0 Å². The van der Waals surface area contributed by atoms with Crippen LogP contribution in [0.5, 0.6) is 5.75 Å². The zero-order chi connectivity index (χ0) is 17.4. The van der Waals surface area contributed by atoms with Crippen LogP contribution in [-0.4, -0.2) is 17.6 Å². The third kappa shape index (κ3) is 6.02. The Kier molecular flexibility index (Phi) is 6.78. The van der Waals surface area contributed by atoms with Crippen molar-refractivity contribution < 1.29 is 9.53 Å². The Morgan fingerprint density at radius 3 is 2.71 bits per heavy atom. The lowest BCUT2D eigenvalue weighted by atomic mass is 10.2. The van der Waals surface area contributed by atoms with Crippen molar-refractivity contribution in [1.82, 2.24) is 5.32 Å². The fourth-order valence-corrected chi connectivity index (χ4v) is 2.24. The molecule has 0 aliphatic carbocycles. The summed E-state index contributed by atoms with van der Waals surface area (Å²) >= 11 is 10.9. The molecule has 0 atom stereocenters. The molecule has 0 saturated carbocycles.